The van der Waals surface area contributed by atoms with E-state index in [1.807, 2.05) is 17.2 Å². The summed E-state index contributed by atoms with van der Waals surface area (Å²) in [6, 6.07) is 6.73. The maximum absolute atomic E-state index is 12.2. The number of nitrogens with zero attached hydrogens (tertiary/aromatic N) is 4. The van der Waals surface area contributed by atoms with Crippen LogP contribution < -0.4 is 10.2 Å². The topological polar surface area (TPSA) is 103 Å². The van der Waals surface area contributed by atoms with Gasteiger partial charge in [-0.3, -0.25) is 19.6 Å². The highest BCUT2D eigenvalue weighted by Gasteiger charge is 2.29. The monoisotopic (exact) mass is 371 g/mol. The number of amides is 1. The molecule has 2 aliphatic rings. The molecule has 1 aromatic carbocycles. The summed E-state index contributed by atoms with van der Waals surface area (Å²) in [6.07, 6.45) is 5.39. The number of morpholine rings is 1. The summed E-state index contributed by atoms with van der Waals surface area (Å²) in [5.74, 6) is -0.259. The summed E-state index contributed by atoms with van der Waals surface area (Å²) < 4.78 is 7.57. The summed E-state index contributed by atoms with van der Waals surface area (Å²) in [5, 5.41) is 18.7. The maximum atomic E-state index is 12.2. The average Bonchev–Trinajstić information content (AvgIpc) is 3.34. The molecule has 1 unspecified atom stereocenters. The van der Waals surface area contributed by atoms with Gasteiger partial charge in [0.25, 0.3) is 11.6 Å². The minimum atomic E-state index is -0.429. The lowest BCUT2D eigenvalue weighted by Gasteiger charge is -2.34. The predicted octanol–water partition coefficient (Wildman–Crippen LogP) is 1.59. The van der Waals surface area contributed by atoms with E-state index in [0.29, 0.717) is 37.5 Å². The molecule has 1 saturated heterocycles. The van der Waals surface area contributed by atoms with Crippen molar-refractivity contribution in [2.75, 3.05) is 24.6 Å². The van der Waals surface area contributed by atoms with Crippen LogP contribution in [0.3, 0.4) is 0 Å². The Kier molecular flexibility index (Phi) is 4.76. The van der Waals surface area contributed by atoms with Gasteiger partial charge in [-0.2, -0.15) is 5.10 Å². The fourth-order valence-corrected chi connectivity index (χ4v) is 3.24. The fourth-order valence-electron chi connectivity index (χ4n) is 3.24. The van der Waals surface area contributed by atoms with Gasteiger partial charge >= 0.3 is 0 Å². The Labute approximate surface area is 156 Å². The third-order valence-electron chi connectivity index (χ3n) is 4.78. The SMILES string of the molecule is O=C(NC1CC1)c1ccc(N2CCOC(Cn3cccn3)C2)c([N+](=O)[O-])c1. The summed E-state index contributed by atoms with van der Waals surface area (Å²) in [7, 11) is 0. The molecule has 9 nitrogen and oxygen atoms in total. The van der Waals surface area contributed by atoms with E-state index in [1.165, 1.54) is 6.07 Å². The van der Waals surface area contributed by atoms with Crippen molar-refractivity contribution in [3.8, 4) is 0 Å². The van der Waals surface area contributed by atoms with E-state index >= 15 is 0 Å². The number of benzene rings is 1. The van der Waals surface area contributed by atoms with Crippen LogP contribution in [0.2, 0.25) is 0 Å². The van der Waals surface area contributed by atoms with E-state index < -0.39 is 4.92 Å². The molecule has 2 fully saturated rings. The second-order valence-corrected chi connectivity index (χ2v) is 6.88. The third-order valence-corrected chi connectivity index (χ3v) is 4.78. The third kappa shape index (κ3) is 4.08. The molecule has 1 saturated carbocycles. The van der Waals surface area contributed by atoms with Gasteiger partial charge < -0.3 is 15.0 Å². The van der Waals surface area contributed by atoms with Crippen LogP contribution in [0.5, 0.6) is 0 Å². The van der Waals surface area contributed by atoms with Gasteiger partial charge in [0, 0.05) is 43.2 Å². The van der Waals surface area contributed by atoms with Crippen molar-refractivity contribution < 1.29 is 14.5 Å². The van der Waals surface area contributed by atoms with Crippen molar-refractivity contribution in [2.24, 2.45) is 0 Å². The molecule has 0 bridgehead atoms. The quantitative estimate of drug-likeness (QED) is 0.611. The molecule has 1 N–H and O–H groups in total. The van der Waals surface area contributed by atoms with Gasteiger partial charge in [0.1, 0.15) is 5.69 Å². The van der Waals surface area contributed by atoms with Crippen LogP contribution >= 0.6 is 0 Å². The standard InChI is InChI=1S/C18H21N5O4/c24-18(20-14-3-4-14)13-2-5-16(17(10-13)23(25)26)21-8-9-27-15(11-21)12-22-7-1-6-19-22/h1-2,5-7,10,14-15H,3-4,8-9,11-12H2,(H,20,24). The Bertz CT molecular complexity index is 834. The zero-order valence-electron chi connectivity index (χ0n) is 14.8. The number of nitrogens with one attached hydrogen (secondary N) is 1. The summed E-state index contributed by atoms with van der Waals surface area (Å²) >= 11 is 0. The molecule has 1 amide bonds. The molecule has 4 rings (SSSR count). The number of carbonyl (C=O) groups is 1. The molecule has 1 aliphatic heterocycles. The second-order valence-electron chi connectivity index (χ2n) is 6.88. The Morgan fingerprint density at radius 3 is 2.96 bits per heavy atom. The second kappa shape index (κ2) is 7.36. The number of hydrogen-bond acceptors (Lipinski definition) is 6. The van der Waals surface area contributed by atoms with Crippen LogP contribution in [-0.2, 0) is 11.3 Å². The van der Waals surface area contributed by atoms with E-state index in [1.54, 1.807) is 23.0 Å². The molecule has 1 atom stereocenters. The highest BCUT2D eigenvalue weighted by atomic mass is 16.6. The molecule has 1 aromatic heterocycles. The van der Waals surface area contributed by atoms with Crippen LogP contribution in [0.25, 0.3) is 0 Å². The number of aromatic nitrogens is 2. The molecule has 9 heteroatoms. The molecule has 27 heavy (non-hydrogen) atoms. The lowest BCUT2D eigenvalue weighted by Crippen LogP contribution is -2.44. The number of anilines is 1. The van der Waals surface area contributed by atoms with Gasteiger partial charge in [-0.25, -0.2) is 0 Å². The number of hydrogen-bond donors (Lipinski definition) is 1. The number of nitro benzene ring substituents is 1. The zero-order valence-corrected chi connectivity index (χ0v) is 14.8. The summed E-state index contributed by atoms with van der Waals surface area (Å²) in [4.78, 5) is 25.3. The van der Waals surface area contributed by atoms with Crippen LogP contribution in [0.4, 0.5) is 11.4 Å². The first-order chi connectivity index (χ1) is 13.1. The number of carbonyl (C=O) groups excluding carboxylic acids is 1. The van der Waals surface area contributed by atoms with Crippen LogP contribution in [0.1, 0.15) is 23.2 Å². The first kappa shape index (κ1) is 17.5. The van der Waals surface area contributed by atoms with Gasteiger partial charge in [-0.1, -0.05) is 0 Å². The van der Waals surface area contributed by atoms with Crippen molar-refractivity contribution in [1.82, 2.24) is 15.1 Å². The lowest BCUT2D eigenvalue weighted by molar-refractivity contribution is -0.384. The minimum absolute atomic E-state index is 0.0572. The minimum Gasteiger partial charge on any atom is -0.373 e. The van der Waals surface area contributed by atoms with E-state index in [0.717, 1.165) is 12.8 Å². The summed E-state index contributed by atoms with van der Waals surface area (Å²) in [6.45, 7) is 2.14. The van der Waals surface area contributed by atoms with Gasteiger partial charge in [-0.05, 0) is 31.0 Å². The molecular weight excluding hydrogens is 350 g/mol. The van der Waals surface area contributed by atoms with Crippen LogP contribution in [-0.4, -0.2) is 52.5 Å². The summed E-state index contributed by atoms with van der Waals surface area (Å²) in [5.41, 5.74) is 0.772. The van der Waals surface area contributed by atoms with E-state index in [-0.39, 0.29) is 23.7 Å². The van der Waals surface area contributed by atoms with Gasteiger partial charge in [0.05, 0.1) is 24.2 Å². The number of ether oxygens (including phenoxy) is 1. The van der Waals surface area contributed by atoms with Crippen molar-refractivity contribution >= 4 is 17.3 Å². The number of rotatable bonds is 6. The molecule has 2 heterocycles. The van der Waals surface area contributed by atoms with Crippen LogP contribution in [0, 0.1) is 10.1 Å². The maximum Gasteiger partial charge on any atom is 0.293 e. The van der Waals surface area contributed by atoms with Gasteiger partial charge in [0.2, 0.25) is 0 Å². The normalized spacial score (nSPS) is 19.7. The van der Waals surface area contributed by atoms with E-state index in [9.17, 15) is 14.9 Å². The Morgan fingerprint density at radius 2 is 2.26 bits per heavy atom. The van der Waals surface area contributed by atoms with Crippen molar-refractivity contribution in [1.29, 1.82) is 0 Å². The van der Waals surface area contributed by atoms with Gasteiger partial charge in [-0.15, -0.1) is 0 Å². The smallest absolute Gasteiger partial charge is 0.293 e. The van der Waals surface area contributed by atoms with E-state index in [2.05, 4.69) is 10.4 Å². The molecular formula is C18H21N5O4. The van der Waals surface area contributed by atoms with Crippen molar-refractivity contribution in [3.63, 3.8) is 0 Å². The molecule has 142 valence electrons. The molecule has 0 radical (unpaired) electrons. The molecule has 2 aromatic rings. The first-order valence-corrected chi connectivity index (χ1v) is 9.03. The predicted molar refractivity (Wildman–Crippen MR) is 97.8 cm³/mol. The largest absolute Gasteiger partial charge is 0.373 e. The Hall–Kier alpha value is -2.94. The Morgan fingerprint density at radius 1 is 1.41 bits per heavy atom. The number of nitro groups is 1. The molecule has 0 spiro atoms. The average molecular weight is 371 g/mol. The highest BCUT2D eigenvalue weighted by Crippen LogP contribution is 2.31. The highest BCUT2D eigenvalue weighted by molar-refractivity contribution is 5.96. The Balaban J connectivity index is 1.52. The van der Waals surface area contributed by atoms with Crippen LogP contribution in [0.15, 0.2) is 36.7 Å². The van der Waals surface area contributed by atoms with Gasteiger partial charge in [0.15, 0.2) is 0 Å². The lowest BCUT2D eigenvalue weighted by atomic mass is 10.1. The van der Waals surface area contributed by atoms with E-state index in [4.69, 9.17) is 4.74 Å². The first-order valence-electron chi connectivity index (χ1n) is 9.03. The van der Waals surface area contributed by atoms with Crippen molar-refractivity contribution in [2.45, 2.75) is 31.5 Å². The van der Waals surface area contributed by atoms with Crippen molar-refractivity contribution in [3.05, 3.63) is 52.3 Å². The molecule has 1 aliphatic carbocycles. The fraction of sp³-hybridized carbons (Fsp3) is 0.444. The zero-order chi connectivity index (χ0) is 18.8.